The van der Waals surface area contributed by atoms with E-state index in [1.807, 2.05) is 0 Å². The fourth-order valence-corrected chi connectivity index (χ4v) is 1.92. The van der Waals surface area contributed by atoms with Crippen LogP contribution in [0, 0.1) is 10.8 Å². The standard InChI is InChI=1S/C8H12F2O2/c1-6(2)4-8(6,5(11)12)7(3,9)10/h4H2,1-3H3,(H,11,12). The number of carboxylic acid groups (broad SMARTS) is 1. The highest BCUT2D eigenvalue weighted by molar-refractivity contribution is 5.81. The van der Waals surface area contributed by atoms with Crippen LogP contribution < -0.4 is 0 Å². The molecule has 0 aliphatic heterocycles. The number of carbonyl (C=O) groups is 1. The van der Waals surface area contributed by atoms with Crippen molar-refractivity contribution in [2.45, 2.75) is 33.1 Å². The minimum absolute atomic E-state index is 0.0544. The van der Waals surface area contributed by atoms with Crippen molar-refractivity contribution in [2.75, 3.05) is 0 Å². The second-order valence-corrected chi connectivity index (χ2v) is 4.16. The van der Waals surface area contributed by atoms with Crippen LogP contribution in [-0.4, -0.2) is 17.0 Å². The normalized spacial score (nSPS) is 33.1. The molecule has 0 spiro atoms. The molecule has 12 heavy (non-hydrogen) atoms. The fourth-order valence-electron chi connectivity index (χ4n) is 1.92. The van der Waals surface area contributed by atoms with Crippen LogP contribution in [0.2, 0.25) is 0 Å². The lowest BCUT2D eigenvalue weighted by atomic mass is 9.90. The largest absolute Gasteiger partial charge is 0.481 e. The van der Waals surface area contributed by atoms with Gasteiger partial charge in [0.15, 0.2) is 0 Å². The predicted molar refractivity (Wildman–Crippen MR) is 39.1 cm³/mol. The van der Waals surface area contributed by atoms with Crippen molar-refractivity contribution in [1.29, 1.82) is 0 Å². The van der Waals surface area contributed by atoms with E-state index in [4.69, 9.17) is 5.11 Å². The van der Waals surface area contributed by atoms with Crippen LogP contribution in [0.3, 0.4) is 0 Å². The fraction of sp³-hybridized carbons (Fsp3) is 0.875. The second kappa shape index (κ2) is 1.98. The van der Waals surface area contributed by atoms with Gasteiger partial charge in [-0.2, -0.15) is 0 Å². The summed E-state index contributed by atoms with van der Waals surface area (Å²) in [5.74, 6) is -4.53. The summed E-state index contributed by atoms with van der Waals surface area (Å²) in [5, 5.41) is 8.70. The van der Waals surface area contributed by atoms with Crippen LogP contribution in [-0.2, 0) is 4.79 Å². The lowest BCUT2D eigenvalue weighted by Crippen LogP contribution is -2.37. The Morgan fingerprint density at radius 2 is 1.83 bits per heavy atom. The number of hydrogen-bond acceptors (Lipinski definition) is 1. The van der Waals surface area contributed by atoms with E-state index in [-0.39, 0.29) is 6.42 Å². The van der Waals surface area contributed by atoms with E-state index in [1.54, 1.807) is 13.8 Å². The molecule has 0 bridgehead atoms. The van der Waals surface area contributed by atoms with Gasteiger partial charge in [-0.3, -0.25) is 4.79 Å². The zero-order valence-corrected chi connectivity index (χ0v) is 7.32. The van der Waals surface area contributed by atoms with Gasteiger partial charge in [-0.15, -0.1) is 0 Å². The molecule has 0 aromatic heterocycles. The maximum absolute atomic E-state index is 12.9. The monoisotopic (exact) mass is 178 g/mol. The Kier molecular flexibility index (Phi) is 1.55. The van der Waals surface area contributed by atoms with Gasteiger partial charge in [-0.25, -0.2) is 8.78 Å². The van der Waals surface area contributed by atoms with E-state index in [0.717, 1.165) is 0 Å². The minimum atomic E-state index is -3.14. The number of alkyl halides is 2. The molecule has 1 fully saturated rings. The highest BCUT2D eigenvalue weighted by Gasteiger charge is 2.77. The molecule has 0 radical (unpaired) electrons. The smallest absolute Gasteiger partial charge is 0.316 e. The first-order valence-electron chi connectivity index (χ1n) is 3.76. The average molecular weight is 178 g/mol. The zero-order valence-electron chi connectivity index (χ0n) is 7.32. The first-order chi connectivity index (χ1) is 5.15. The molecule has 2 nitrogen and oxygen atoms in total. The van der Waals surface area contributed by atoms with Crippen LogP contribution >= 0.6 is 0 Å². The van der Waals surface area contributed by atoms with Crippen LogP contribution in [0.15, 0.2) is 0 Å². The van der Waals surface area contributed by atoms with Gasteiger partial charge in [0.1, 0.15) is 5.41 Å². The Balaban J connectivity index is 3.03. The molecule has 70 valence electrons. The van der Waals surface area contributed by atoms with E-state index in [1.165, 1.54) is 0 Å². The van der Waals surface area contributed by atoms with Gasteiger partial charge >= 0.3 is 5.97 Å². The van der Waals surface area contributed by atoms with Gasteiger partial charge in [-0.1, -0.05) is 13.8 Å². The van der Waals surface area contributed by atoms with Crippen molar-refractivity contribution in [3.63, 3.8) is 0 Å². The molecule has 4 heteroatoms. The molecular formula is C8H12F2O2. The highest BCUT2D eigenvalue weighted by atomic mass is 19.3. The molecule has 0 amide bonds. The third-order valence-electron chi connectivity index (χ3n) is 2.85. The molecule has 1 unspecified atom stereocenters. The number of halogens is 2. The Morgan fingerprint density at radius 3 is 1.83 bits per heavy atom. The number of carboxylic acids is 1. The summed E-state index contributed by atoms with van der Waals surface area (Å²) < 4.78 is 25.9. The summed E-state index contributed by atoms with van der Waals surface area (Å²) in [4.78, 5) is 10.7. The molecule has 1 aliphatic rings. The van der Waals surface area contributed by atoms with Crippen molar-refractivity contribution >= 4 is 5.97 Å². The molecule has 1 rings (SSSR count). The summed E-state index contributed by atoms with van der Waals surface area (Å²) in [6.07, 6.45) is 0.0544. The lowest BCUT2D eigenvalue weighted by molar-refractivity contribution is -0.163. The van der Waals surface area contributed by atoms with Gasteiger partial charge in [0.25, 0.3) is 5.92 Å². The summed E-state index contributed by atoms with van der Waals surface area (Å²) in [6.45, 7) is 3.78. The van der Waals surface area contributed by atoms with Crippen LogP contribution in [0.5, 0.6) is 0 Å². The van der Waals surface area contributed by atoms with E-state index < -0.39 is 22.7 Å². The average Bonchev–Trinajstić information content (AvgIpc) is 2.33. The van der Waals surface area contributed by atoms with Crippen molar-refractivity contribution in [3.05, 3.63) is 0 Å². The maximum Gasteiger partial charge on any atom is 0.316 e. The Labute approximate surface area is 69.6 Å². The SMILES string of the molecule is CC(F)(F)C1(C(=O)O)CC1(C)C. The Bertz CT molecular complexity index is 230. The predicted octanol–water partition coefficient (Wildman–Crippen LogP) is 2.14. The summed E-state index contributed by atoms with van der Waals surface area (Å²) in [7, 11) is 0. The summed E-state index contributed by atoms with van der Waals surface area (Å²) >= 11 is 0. The molecule has 0 aromatic rings. The second-order valence-electron chi connectivity index (χ2n) is 4.16. The van der Waals surface area contributed by atoms with Crippen molar-refractivity contribution in [1.82, 2.24) is 0 Å². The minimum Gasteiger partial charge on any atom is -0.481 e. The maximum atomic E-state index is 12.9. The highest BCUT2D eigenvalue weighted by Crippen LogP contribution is 2.70. The van der Waals surface area contributed by atoms with Crippen LogP contribution in [0.25, 0.3) is 0 Å². The molecule has 1 aliphatic carbocycles. The summed E-state index contributed by atoms with van der Waals surface area (Å²) in [5.41, 5.74) is -2.61. The zero-order chi connectivity index (χ0) is 9.78. The molecule has 1 N–H and O–H groups in total. The van der Waals surface area contributed by atoms with Crippen molar-refractivity contribution in [3.8, 4) is 0 Å². The molecule has 0 saturated heterocycles. The van der Waals surface area contributed by atoms with Crippen LogP contribution in [0.4, 0.5) is 8.78 Å². The summed E-state index contributed by atoms with van der Waals surface area (Å²) in [6, 6.07) is 0. The quantitative estimate of drug-likeness (QED) is 0.703. The van der Waals surface area contributed by atoms with Gasteiger partial charge in [0, 0.05) is 6.92 Å². The van der Waals surface area contributed by atoms with Crippen molar-refractivity contribution in [2.24, 2.45) is 10.8 Å². The first-order valence-corrected chi connectivity index (χ1v) is 3.76. The van der Waals surface area contributed by atoms with Gasteiger partial charge < -0.3 is 5.11 Å². The van der Waals surface area contributed by atoms with E-state index >= 15 is 0 Å². The number of aliphatic carboxylic acids is 1. The molecule has 0 aromatic carbocycles. The van der Waals surface area contributed by atoms with Gasteiger partial charge in [-0.05, 0) is 11.8 Å². The third-order valence-corrected chi connectivity index (χ3v) is 2.85. The first kappa shape index (κ1) is 9.42. The number of hydrogen-bond donors (Lipinski definition) is 1. The van der Waals surface area contributed by atoms with E-state index in [2.05, 4.69) is 0 Å². The van der Waals surface area contributed by atoms with Gasteiger partial charge in [0.05, 0.1) is 0 Å². The van der Waals surface area contributed by atoms with Crippen molar-refractivity contribution < 1.29 is 18.7 Å². The Hall–Kier alpha value is -0.670. The van der Waals surface area contributed by atoms with Gasteiger partial charge in [0.2, 0.25) is 0 Å². The van der Waals surface area contributed by atoms with E-state index in [0.29, 0.717) is 6.92 Å². The molecule has 0 heterocycles. The topological polar surface area (TPSA) is 37.3 Å². The number of rotatable bonds is 2. The van der Waals surface area contributed by atoms with Crippen LogP contribution in [0.1, 0.15) is 27.2 Å². The Morgan fingerprint density at radius 1 is 1.50 bits per heavy atom. The molecular weight excluding hydrogens is 166 g/mol. The van der Waals surface area contributed by atoms with E-state index in [9.17, 15) is 13.6 Å². The third kappa shape index (κ3) is 0.867. The molecule has 1 atom stereocenters. The molecule has 1 saturated carbocycles. The lowest BCUT2D eigenvalue weighted by Gasteiger charge is -2.22.